The number of rotatable bonds is 51. The van der Waals surface area contributed by atoms with Crippen LogP contribution in [0.1, 0.15) is 303 Å². The van der Waals surface area contributed by atoms with Gasteiger partial charge in [0, 0.05) is 0 Å². The highest BCUT2D eigenvalue weighted by molar-refractivity contribution is 5.76. The van der Waals surface area contributed by atoms with Gasteiger partial charge in [-0.15, -0.1) is 0 Å². The minimum absolute atomic E-state index is 0.0131. The number of nitrogens with one attached hydrogen (secondary N) is 1. The number of allylic oxidation sites excluding steroid dienone is 3. The minimum Gasteiger partial charge on any atom is -0.394 e. The lowest BCUT2D eigenvalue weighted by atomic mass is 10.0. The number of carbonyl (C=O) groups is 1. The molecule has 0 bridgehead atoms. The van der Waals surface area contributed by atoms with Crippen molar-refractivity contribution in [2.45, 2.75) is 321 Å². The van der Waals surface area contributed by atoms with Crippen molar-refractivity contribution in [1.29, 1.82) is 0 Å². The predicted molar refractivity (Wildman–Crippen MR) is 268 cm³/mol. The van der Waals surface area contributed by atoms with Crippen LogP contribution in [-0.4, -0.2) is 46.1 Å². The molecule has 0 aliphatic carbocycles. The maximum atomic E-state index is 12.5. The van der Waals surface area contributed by atoms with Crippen LogP contribution in [-0.2, 0) is 4.79 Å². The van der Waals surface area contributed by atoms with Crippen LogP contribution >= 0.6 is 0 Å². The summed E-state index contributed by atoms with van der Waals surface area (Å²) in [6, 6.07) is -0.745. The lowest BCUT2D eigenvalue weighted by Crippen LogP contribution is -2.45. The Bertz CT molecular complexity index is 905. The van der Waals surface area contributed by atoms with Gasteiger partial charge in [-0.1, -0.05) is 276 Å². The second-order valence-electron chi connectivity index (χ2n) is 19.2. The van der Waals surface area contributed by atoms with Gasteiger partial charge in [-0.2, -0.15) is 0 Å². The van der Waals surface area contributed by atoms with E-state index in [-0.39, 0.29) is 18.9 Å². The molecule has 0 aliphatic heterocycles. The summed E-state index contributed by atoms with van der Waals surface area (Å²) in [7, 11) is 0. The first kappa shape index (κ1) is 59.8. The minimum atomic E-state index is -0.930. The normalized spacial score (nSPS) is 13.5. The number of hydrogen-bond donors (Lipinski definition) is 4. The van der Waals surface area contributed by atoms with Crippen molar-refractivity contribution < 1.29 is 20.1 Å². The first-order valence-corrected chi connectivity index (χ1v) is 27.6. The molecule has 5 heteroatoms. The highest BCUT2D eigenvalue weighted by Crippen LogP contribution is 2.17. The molecule has 0 saturated heterocycles. The molecule has 0 aromatic carbocycles. The SMILES string of the molecule is CCCCCCCCCCCCCC/C=C\CCCCCCCCCC(O)CC(=O)NC(CO)C(O)/C=C/CCCCCCCCCCCCCCCCCCCCCCC. The Hall–Kier alpha value is -1.17. The molecular formula is C56H109NO4. The molecule has 0 radical (unpaired) electrons. The number of aliphatic hydroxyl groups is 3. The Labute approximate surface area is 382 Å². The molecule has 0 aromatic heterocycles. The van der Waals surface area contributed by atoms with Gasteiger partial charge in [0.15, 0.2) is 0 Å². The van der Waals surface area contributed by atoms with E-state index in [0.717, 1.165) is 25.7 Å². The highest BCUT2D eigenvalue weighted by atomic mass is 16.3. The summed E-state index contributed by atoms with van der Waals surface area (Å²) in [5.74, 6) is -0.313. The topological polar surface area (TPSA) is 89.8 Å². The van der Waals surface area contributed by atoms with Crippen molar-refractivity contribution in [3.63, 3.8) is 0 Å². The van der Waals surface area contributed by atoms with Gasteiger partial charge in [0.1, 0.15) is 0 Å². The Balaban J connectivity index is 3.58. The standard InChI is InChI=1S/C56H109NO4/c1-3-5-7-9-11-13-15-17-19-21-23-25-27-29-31-33-35-37-39-41-43-45-47-49-53(59)51-56(61)57-54(52-58)55(60)50-48-46-44-42-40-38-36-34-32-30-28-26-24-22-20-18-16-14-12-10-8-6-4-2/h29,31,48,50,53-55,58-60H,3-28,30,32-47,49,51-52H2,1-2H3,(H,57,61)/b31-29-,50-48+. The number of aliphatic hydroxyl groups excluding tert-OH is 3. The zero-order valence-electron chi connectivity index (χ0n) is 41.3. The van der Waals surface area contributed by atoms with Gasteiger partial charge in [0.2, 0.25) is 5.91 Å². The number of unbranched alkanes of at least 4 members (excludes halogenated alkanes) is 40. The molecule has 0 rings (SSSR count). The maximum absolute atomic E-state index is 12.5. The van der Waals surface area contributed by atoms with Gasteiger partial charge in [-0.05, 0) is 44.9 Å². The van der Waals surface area contributed by atoms with E-state index in [1.165, 1.54) is 250 Å². The van der Waals surface area contributed by atoms with Gasteiger partial charge in [-0.3, -0.25) is 4.79 Å². The molecule has 0 spiro atoms. The summed E-state index contributed by atoms with van der Waals surface area (Å²) in [5.41, 5.74) is 0. The lowest BCUT2D eigenvalue weighted by molar-refractivity contribution is -0.124. The third-order valence-corrected chi connectivity index (χ3v) is 13.0. The third kappa shape index (κ3) is 48.1. The van der Waals surface area contributed by atoms with Crippen molar-refractivity contribution in [3.8, 4) is 0 Å². The molecule has 0 saturated carbocycles. The molecule has 0 fully saturated rings. The maximum Gasteiger partial charge on any atom is 0.222 e. The molecule has 362 valence electrons. The van der Waals surface area contributed by atoms with E-state index < -0.39 is 18.2 Å². The molecule has 61 heavy (non-hydrogen) atoms. The van der Waals surface area contributed by atoms with E-state index in [1.807, 2.05) is 6.08 Å². The molecule has 3 atom stereocenters. The van der Waals surface area contributed by atoms with E-state index >= 15 is 0 Å². The summed E-state index contributed by atoms with van der Waals surface area (Å²) in [6.45, 7) is 4.25. The molecule has 5 nitrogen and oxygen atoms in total. The smallest absolute Gasteiger partial charge is 0.222 e. The van der Waals surface area contributed by atoms with E-state index in [0.29, 0.717) is 6.42 Å². The summed E-state index contributed by atoms with van der Waals surface area (Å²) in [5, 5.41) is 33.5. The fraction of sp³-hybridized carbons (Fsp3) is 0.911. The van der Waals surface area contributed by atoms with Gasteiger partial charge in [-0.25, -0.2) is 0 Å². The van der Waals surface area contributed by atoms with Crippen LogP contribution < -0.4 is 5.32 Å². The van der Waals surface area contributed by atoms with Crippen LogP contribution in [0.5, 0.6) is 0 Å². The lowest BCUT2D eigenvalue weighted by Gasteiger charge is -2.21. The number of carbonyl (C=O) groups excluding carboxylic acids is 1. The predicted octanol–water partition coefficient (Wildman–Crippen LogP) is 16.9. The Morgan fingerprint density at radius 3 is 1.00 bits per heavy atom. The fourth-order valence-corrected chi connectivity index (χ4v) is 8.75. The van der Waals surface area contributed by atoms with Crippen LogP contribution in [0, 0.1) is 0 Å². The van der Waals surface area contributed by atoms with Crippen molar-refractivity contribution in [1.82, 2.24) is 5.32 Å². The van der Waals surface area contributed by atoms with Crippen molar-refractivity contribution >= 4 is 5.91 Å². The van der Waals surface area contributed by atoms with Gasteiger partial charge in [0.05, 0.1) is 31.3 Å². The molecule has 0 aliphatic rings. The van der Waals surface area contributed by atoms with E-state index in [2.05, 4.69) is 31.3 Å². The Morgan fingerprint density at radius 2 is 0.689 bits per heavy atom. The summed E-state index contributed by atoms with van der Waals surface area (Å²) in [4.78, 5) is 12.5. The quantitative estimate of drug-likeness (QED) is 0.0362. The average molecular weight is 860 g/mol. The fourth-order valence-electron chi connectivity index (χ4n) is 8.75. The first-order valence-electron chi connectivity index (χ1n) is 27.6. The summed E-state index contributed by atoms with van der Waals surface area (Å²) < 4.78 is 0. The molecular weight excluding hydrogens is 751 g/mol. The van der Waals surface area contributed by atoms with Crippen molar-refractivity contribution in [3.05, 3.63) is 24.3 Å². The van der Waals surface area contributed by atoms with Crippen LogP contribution in [0.25, 0.3) is 0 Å². The second kappa shape index (κ2) is 51.5. The van der Waals surface area contributed by atoms with Crippen LogP contribution in [0.4, 0.5) is 0 Å². The van der Waals surface area contributed by atoms with Crippen LogP contribution in [0.2, 0.25) is 0 Å². The first-order chi connectivity index (χ1) is 30.0. The Morgan fingerprint density at radius 1 is 0.410 bits per heavy atom. The van der Waals surface area contributed by atoms with Gasteiger partial charge in [0.25, 0.3) is 0 Å². The largest absolute Gasteiger partial charge is 0.394 e. The molecule has 4 N–H and O–H groups in total. The molecule has 0 heterocycles. The van der Waals surface area contributed by atoms with Crippen LogP contribution in [0.15, 0.2) is 24.3 Å². The summed E-state index contributed by atoms with van der Waals surface area (Å²) in [6.07, 6.45) is 65.0. The van der Waals surface area contributed by atoms with Gasteiger partial charge < -0.3 is 20.6 Å². The zero-order valence-corrected chi connectivity index (χ0v) is 41.3. The number of amides is 1. The number of hydrogen-bond acceptors (Lipinski definition) is 4. The Kier molecular flexibility index (Phi) is 50.5. The van der Waals surface area contributed by atoms with Gasteiger partial charge >= 0.3 is 0 Å². The average Bonchev–Trinajstić information content (AvgIpc) is 3.25. The van der Waals surface area contributed by atoms with Crippen LogP contribution in [0.3, 0.4) is 0 Å². The third-order valence-electron chi connectivity index (χ3n) is 13.0. The highest BCUT2D eigenvalue weighted by Gasteiger charge is 2.20. The zero-order chi connectivity index (χ0) is 44.4. The molecule has 1 amide bonds. The molecule has 3 unspecified atom stereocenters. The van der Waals surface area contributed by atoms with E-state index in [4.69, 9.17) is 0 Å². The van der Waals surface area contributed by atoms with E-state index in [9.17, 15) is 20.1 Å². The van der Waals surface area contributed by atoms with Crippen molar-refractivity contribution in [2.24, 2.45) is 0 Å². The summed E-state index contributed by atoms with van der Waals surface area (Å²) >= 11 is 0. The monoisotopic (exact) mass is 860 g/mol. The molecule has 0 aromatic rings. The van der Waals surface area contributed by atoms with Crippen molar-refractivity contribution in [2.75, 3.05) is 6.61 Å². The second-order valence-corrected chi connectivity index (χ2v) is 19.2. The van der Waals surface area contributed by atoms with E-state index in [1.54, 1.807) is 6.08 Å².